The van der Waals surface area contributed by atoms with Crippen molar-refractivity contribution in [3.8, 4) is 0 Å². The van der Waals surface area contributed by atoms with Gasteiger partial charge in [0.15, 0.2) is 0 Å². The Hall–Kier alpha value is -2.71. The molecule has 0 aliphatic carbocycles. The molecule has 0 N–H and O–H groups in total. The van der Waals surface area contributed by atoms with Gasteiger partial charge in [0.2, 0.25) is 5.91 Å². The van der Waals surface area contributed by atoms with Crippen LogP contribution in [-0.2, 0) is 18.4 Å². The zero-order valence-corrected chi connectivity index (χ0v) is 14.9. The highest BCUT2D eigenvalue weighted by Crippen LogP contribution is 2.33. The van der Waals surface area contributed by atoms with Crippen molar-refractivity contribution < 1.29 is 4.79 Å². The van der Waals surface area contributed by atoms with E-state index in [-0.39, 0.29) is 18.0 Å². The maximum Gasteiger partial charge on any atom is 0.255 e. The number of aryl methyl sites for hydroxylation is 1. The van der Waals surface area contributed by atoms with Crippen LogP contribution in [0.25, 0.3) is 0 Å². The molecule has 0 aromatic carbocycles. The second-order valence-electron chi connectivity index (χ2n) is 7.18. The van der Waals surface area contributed by atoms with Gasteiger partial charge in [0.25, 0.3) is 5.56 Å². The average molecular weight is 357 g/mol. The van der Waals surface area contributed by atoms with Gasteiger partial charge in [-0.1, -0.05) is 5.21 Å². The number of nitrogens with zero attached hydrogens (tertiary/aromatic N) is 7. The number of anilines is 1. The molecule has 0 bridgehead atoms. The van der Waals surface area contributed by atoms with Gasteiger partial charge in [0.05, 0.1) is 12.5 Å². The molecule has 0 saturated carbocycles. The number of fused-ring (bicyclic) bond motifs is 1. The summed E-state index contributed by atoms with van der Waals surface area (Å²) in [7, 11) is 1.71. The topological polar surface area (TPSA) is 89.2 Å². The van der Waals surface area contributed by atoms with E-state index in [1.807, 2.05) is 4.90 Å². The van der Waals surface area contributed by atoms with Crippen molar-refractivity contribution in [1.82, 2.24) is 29.4 Å². The van der Waals surface area contributed by atoms with Gasteiger partial charge in [-0.15, -0.1) is 5.10 Å². The first-order chi connectivity index (χ1) is 12.6. The first kappa shape index (κ1) is 16.7. The molecule has 2 aromatic rings. The van der Waals surface area contributed by atoms with E-state index in [1.165, 1.54) is 4.57 Å². The van der Waals surface area contributed by atoms with Crippen LogP contribution in [0.4, 0.5) is 5.82 Å². The third kappa shape index (κ3) is 3.33. The van der Waals surface area contributed by atoms with Gasteiger partial charge < -0.3 is 14.4 Å². The molecule has 0 radical (unpaired) electrons. The van der Waals surface area contributed by atoms with Gasteiger partial charge in [-0.25, -0.2) is 9.67 Å². The van der Waals surface area contributed by atoms with Gasteiger partial charge >= 0.3 is 0 Å². The molecule has 0 unspecified atom stereocenters. The van der Waals surface area contributed by atoms with Gasteiger partial charge in [0.1, 0.15) is 12.4 Å². The molecule has 4 heterocycles. The molecule has 2 fully saturated rings. The molecule has 9 nitrogen and oxygen atoms in total. The summed E-state index contributed by atoms with van der Waals surface area (Å²) in [6.45, 7) is 3.59. The normalized spacial score (nSPS) is 23.0. The number of amides is 1. The number of likely N-dealkylation sites (tertiary alicyclic amines) is 1. The molecule has 4 rings (SSSR count). The molecular weight excluding hydrogens is 334 g/mol. The second-order valence-corrected chi connectivity index (χ2v) is 7.18. The first-order valence-corrected chi connectivity index (χ1v) is 8.99. The molecule has 9 heteroatoms. The van der Waals surface area contributed by atoms with Crippen LogP contribution in [0.1, 0.15) is 12.8 Å². The minimum Gasteiger partial charge on any atom is -0.356 e. The summed E-state index contributed by atoms with van der Waals surface area (Å²) >= 11 is 0. The maximum absolute atomic E-state index is 12.5. The number of carbonyl (C=O) groups is 1. The minimum atomic E-state index is -0.0352. The molecule has 0 spiro atoms. The lowest BCUT2D eigenvalue weighted by Gasteiger charge is -2.22. The highest BCUT2D eigenvalue weighted by Gasteiger charge is 2.36. The Bertz CT molecular complexity index is 816. The Morgan fingerprint density at radius 1 is 1.23 bits per heavy atom. The summed E-state index contributed by atoms with van der Waals surface area (Å²) in [4.78, 5) is 32.9. The molecular formula is C17H23N7O2. The molecule has 26 heavy (non-hydrogen) atoms. The molecule has 2 aliphatic rings. The van der Waals surface area contributed by atoms with Crippen molar-refractivity contribution in [3.05, 3.63) is 35.1 Å². The predicted molar refractivity (Wildman–Crippen MR) is 94.5 cm³/mol. The number of rotatable bonds is 3. The van der Waals surface area contributed by atoms with Crippen molar-refractivity contribution in [2.75, 3.05) is 31.1 Å². The van der Waals surface area contributed by atoms with Crippen LogP contribution in [0, 0.1) is 11.8 Å². The second kappa shape index (κ2) is 6.89. The summed E-state index contributed by atoms with van der Waals surface area (Å²) in [6.07, 6.45) is 6.83. The van der Waals surface area contributed by atoms with Crippen LogP contribution in [0.2, 0.25) is 0 Å². The molecule has 138 valence electrons. The van der Waals surface area contributed by atoms with Crippen molar-refractivity contribution in [2.24, 2.45) is 18.9 Å². The molecule has 1 amide bonds. The lowest BCUT2D eigenvalue weighted by molar-refractivity contribution is -0.132. The van der Waals surface area contributed by atoms with Crippen molar-refractivity contribution >= 4 is 11.7 Å². The average Bonchev–Trinajstić information content (AvgIpc) is 3.23. The van der Waals surface area contributed by atoms with Gasteiger partial charge in [0, 0.05) is 45.5 Å². The van der Waals surface area contributed by atoms with Crippen LogP contribution in [0.15, 0.2) is 29.6 Å². The van der Waals surface area contributed by atoms with Crippen molar-refractivity contribution in [1.29, 1.82) is 0 Å². The number of aromatic nitrogens is 5. The minimum absolute atomic E-state index is 0.0352. The lowest BCUT2D eigenvalue weighted by Crippen LogP contribution is -2.35. The zero-order chi connectivity index (χ0) is 18.1. The van der Waals surface area contributed by atoms with E-state index >= 15 is 0 Å². The van der Waals surface area contributed by atoms with Crippen LogP contribution >= 0.6 is 0 Å². The summed E-state index contributed by atoms with van der Waals surface area (Å²) in [6, 6.07) is 1.61. The standard InChI is InChI=1S/C17H23N7O2/c1-21-12-18-15(8-16(21)25)23-9-13-2-5-22(6-3-14(13)10-23)17(26)11-24-7-4-19-20-24/h4,7-8,12-14H,2-3,5-6,9-11H2,1H3/t13-,14+. The number of hydrogen-bond donors (Lipinski definition) is 0. The van der Waals surface area contributed by atoms with E-state index in [2.05, 4.69) is 20.2 Å². The summed E-state index contributed by atoms with van der Waals surface area (Å²) < 4.78 is 3.05. The van der Waals surface area contributed by atoms with E-state index < -0.39 is 0 Å². The largest absolute Gasteiger partial charge is 0.356 e. The van der Waals surface area contributed by atoms with Crippen LogP contribution in [-0.4, -0.2) is 61.5 Å². The summed E-state index contributed by atoms with van der Waals surface area (Å²) in [5, 5.41) is 7.61. The van der Waals surface area contributed by atoms with Crippen LogP contribution in [0.5, 0.6) is 0 Å². The molecule has 2 atom stereocenters. The number of hydrogen-bond acceptors (Lipinski definition) is 6. The quantitative estimate of drug-likeness (QED) is 0.752. The lowest BCUT2D eigenvalue weighted by atomic mass is 9.92. The Labute approximate surface area is 151 Å². The van der Waals surface area contributed by atoms with Gasteiger partial charge in [-0.05, 0) is 24.7 Å². The monoisotopic (exact) mass is 357 g/mol. The third-order valence-corrected chi connectivity index (χ3v) is 5.53. The Kier molecular flexibility index (Phi) is 4.44. The Morgan fingerprint density at radius 3 is 2.58 bits per heavy atom. The molecule has 2 aliphatic heterocycles. The Balaban J connectivity index is 1.37. The summed E-state index contributed by atoms with van der Waals surface area (Å²) in [5.74, 6) is 1.93. The Morgan fingerprint density at radius 2 is 1.96 bits per heavy atom. The third-order valence-electron chi connectivity index (χ3n) is 5.53. The van der Waals surface area contributed by atoms with Crippen molar-refractivity contribution in [2.45, 2.75) is 19.4 Å². The van der Waals surface area contributed by atoms with Crippen LogP contribution in [0.3, 0.4) is 0 Å². The highest BCUT2D eigenvalue weighted by atomic mass is 16.2. The zero-order valence-electron chi connectivity index (χ0n) is 14.9. The van der Waals surface area contributed by atoms with E-state index in [4.69, 9.17) is 0 Å². The SMILES string of the molecule is Cn1cnc(N2C[C@H]3CCN(C(=O)Cn4ccnn4)CC[C@H]3C2)cc1=O. The van der Waals surface area contributed by atoms with E-state index in [9.17, 15) is 9.59 Å². The van der Waals surface area contributed by atoms with E-state index in [0.29, 0.717) is 11.8 Å². The van der Waals surface area contributed by atoms with Crippen LogP contribution < -0.4 is 10.5 Å². The molecule has 2 saturated heterocycles. The summed E-state index contributed by atoms with van der Waals surface area (Å²) in [5.41, 5.74) is -0.0352. The van der Waals surface area contributed by atoms with E-state index in [1.54, 1.807) is 36.5 Å². The van der Waals surface area contributed by atoms with Gasteiger partial charge in [-0.2, -0.15) is 0 Å². The highest BCUT2D eigenvalue weighted by molar-refractivity contribution is 5.75. The fourth-order valence-electron chi connectivity index (χ4n) is 3.97. The first-order valence-electron chi connectivity index (χ1n) is 8.99. The molecule has 2 aromatic heterocycles. The fraction of sp³-hybridized carbons (Fsp3) is 0.588. The van der Waals surface area contributed by atoms with E-state index in [0.717, 1.165) is 44.8 Å². The fourth-order valence-corrected chi connectivity index (χ4v) is 3.97. The number of carbonyl (C=O) groups excluding carboxylic acids is 1. The maximum atomic E-state index is 12.5. The van der Waals surface area contributed by atoms with Crippen molar-refractivity contribution in [3.63, 3.8) is 0 Å². The smallest absolute Gasteiger partial charge is 0.255 e. The van der Waals surface area contributed by atoms with Gasteiger partial charge in [-0.3, -0.25) is 9.59 Å². The predicted octanol–water partition coefficient (Wildman–Crippen LogP) is -0.253.